The van der Waals surface area contributed by atoms with E-state index in [0.29, 0.717) is 24.6 Å². The molecule has 0 aromatic heterocycles. The molecule has 16 heavy (non-hydrogen) atoms. The number of ether oxygens (including phenoxy) is 1. The Bertz CT molecular complexity index is 384. The van der Waals surface area contributed by atoms with E-state index in [9.17, 15) is 4.91 Å². The standard InChI is InChI=1S/C10H12N4O2/c1-8(6-12-14-11)7-16-10-4-2-9(13-15)3-5-10/h2-5,8H,6-7H2,1H3/t8-/m1/s1. The molecular weight excluding hydrogens is 208 g/mol. The summed E-state index contributed by atoms with van der Waals surface area (Å²) in [5.74, 6) is 0.819. The Morgan fingerprint density at radius 3 is 2.69 bits per heavy atom. The van der Waals surface area contributed by atoms with Gasteiger partial charge >= 0.3 is 0 Å². The Hall–Kier alpha value is -2.07. The molecule has 1 aromatic rings. The minimum absolute atomic E-state index is 0.153. The maximum absolute atomic E-state index is 10.2. The summed E-state index contributed by atoms with van der Waals surface area (Å²) in [4.78, 5) is 12.8. The van der Waals surface area contributed by atoms with Crippen molar-refractivity contribution in [1.82, 2.24) is 0 Å². The number of rotatable bonds is 6. The first-order valence-electron chi connectivity index (χ1n) is 4.83. The summed E-state index contributed by atoms with van der Waals surface area (Å²) in [7, 11) is 0. The van der Waals surface area contributed by atoms with E-state index in [1.165, 1.54) is 0 Å². The fourth-order valence-corrected chi connectivity index (χ4v) is 1.07. The Morgan fingerprint density at radius 2 is 2.12 bits per heavy atom. The Balaban J connectivity index is 2.41. The second-order valence-corrected chi connectivity index (χ2v) is 3.41. The van der Waals surface area contributed by atoms with Crippen LogP contribution in [-0.2, 0) is 0 Å². The first-order chi connectivity index (χ1) is 7.76. The third kappa shape index (κ3) is 3.98. The van der Waals surface area contributed by atoms with Crippen LogP contribution in [0, 0.1) is 10.8 Å². The van der Waals surface area contributed by atoms with Gasteiger partial charge < -0.3 is 4.74 Å². The molecule has 0 aliphatic carbocycles. The lowest BCUT2D eigenvalue weighted by atomic mass is 10.2. The number of azide groups is 1. The summed E-state index contributed by atoms with van der Waals surface area (Å²) >= 11 is 0. The van der Waals surface area contributed by atoms with Crippen molar-refractivity contribution in [1.29, 1.82) is 0 Å². The maximum atomic E-state index is 10.2. The highest BCUT2D eigenvalue weighted by molar-refractivity contribution is 5.40. The van der Waals surface area contributed by atoms with Crippen LogP contribution in [0.3, 0.4) is 0 Å². The van der Waals surface area contributed by atoms with Gasteiger partial charge in [0.2, 0.25) is 0 Å². The average Bonchev–Trinajstić information content (AvgIpc) is 2.34. The van der Waals surface area contributed by atoms with E-state index in [4.69, 9.17) is 10.3 Å². The highest BCUT2D eigenvalue weighted by atomic mass is 16.5. The topological polar surface area (TPSA) is 87.4 Å². The van der Waals surface area contributed by atoms with Gasteiger partial charge in [-0.25, -0.2) is 0 Å². The summed E-state index contributed by atoms with van der Waals surface area (Å²) in [6.45, 7) is 2.80. The van der Waals surface area contributed by atoms with Crippen molar-refractivity contribution in [2.24, 2.45) is 16.2 Å². The van der Waals surface area contributed by atoms with Crippen molar-refractivity contribution in [3.05, 3.63) is 39.6 Å². The van der Waals surface area contributed by atoms with Crippen molar-refractivity contribution in [2.45, 2.75) is 6.92 Å². The number of nitroso groups, excluding NO2 is 1. The number of nitrogens with zero attached hydrogens (tertiary/aromatic N) is 4. The molecule has 6 nitrogen and oxygen atoms in total. The van der Waals surface area contributed by atoms with Gasteiger partial charge in [0.15, 0.2) is 0 Å². The van der Waals surface area contributed by atoms with Crippen LogP contribution in [0.5, 0.6) is 5.75 Å². The molecule has 0 spiro atoms. The Kier molecular flexibility index (Phi) is 4.82. The van der Waals surface area contributed by atoms with Gasteiger partial charge in [0.1, 0.15) is 11.4 Å². The zero-order valence-corrected chi connectivity index (χ0v) is 8.91. The van der Waals surface area contributed by atoms with Crippen LogP contribution in [0.4, 0.5) is 5.69 Å². The van der Waals surface area contributed by atoms with Crippen LogP contribution in [0.25, 0.3) is 10.4 Å². The molecule has 0 unspecified atom stereocenters. The molecule has 1 atom stereocenters. The normalized spacial score (nSPS) is 11.3. The molecule has 0 radical (unpaired) electrons. The minimum Gasteiger partial charge on any atom is -0.493 e. The second kappa shape index (κ2) is 6.42. The van der Waals surface area contributed by atoms with Gasteiger partial charge in [0, 0.05) is 11.5 Å². The smallest absolute Gasteiger partial charge is 0.119 e. The largest absolute Gasteiger partial charge is 0.493 e. The molecule has 0 aliphatic heterocycles. The molecule has 0 amide bonds. The van der Waals surface area contributed by atoms with E-state index in [2.05, 4.69) is 15.2 Å². The molecule has 0 bridgehead atoms. The Morgan fingerprint density at radius 1 is 1.44 bits per heavy atom. The van der Waals surface area contributed by atoms with E-state index >= 15 is 0 Å². The second-order valence-electron chi connectivity index (χ2n) is 3.41. The summed E-state index contributed by atoms with van der Waals surface area (Å²) in [5.41, 5.74) is 8.51. The molecule has 6 heteroatoms. The summed E-state index contributed by atoms with van der Waals surface area (Å²) in [6, 6.07) is 6.52. The monoisotopic (exact) mass is 220 g/mol. The molecule has 0 N–H and O–H groups in total. The zero-order valence-electron chi connectivity index (χ0n) is 8.91. The highest BCUT2D eigenvalue weighted by Crippen LogP contribution is 2.18. The van der Waals surface area contributed by atoms with Crippen molar-refractivity contribution < 1.29 is 4.74 Å². The first-order valence-corrected chi connectivity index (χ1v) is 4.83. The van der Waals surface area contributed by atoms with Gasteiger partial charge in [0.05, 0.1) is 6.61 Å². The molecule has 0 fully saturated rings. The number of hydrogen-bond acceptors (Lipinski definition) is 4. The first kappa shape index (κ1) is 12.0. The average molecular weight is 220 g/mol. The van der Waals surface area contributed by atoms with Crippen molar-refractivity contribution in [3.8, 4) is 5.75 Å². The lowest BCUT2D eigenvalue weighted by Gasteiger charge is -2.10. The van der Waals surface area contributed by atoms with Gasteiger partial charge in [-0.2, -0.15) is 0 Å². The van der Waals surface area contributed by atoms with Crippen molar-refractivity contribution >= 4 is 5.69 Å². The van der Waals surface area contributed by atoms with Crippen LogP contribution in [0.15, 0.2) is 34.6 Å². The molecule has 1 aromatic carbocycles. The quantitative estimate of drug-likeness (QED) is 0.318. The van der Waals surface area contributed by atoms with Crippen LogP contribution >= 0.6 is 0 Å². The van der Waals surface area contributed by atoms with Gasteiger partial charge in [0.25, 0.3) is 0 Å². The van der Waals surface area contributed by atoms with E-state index in [0.717, 1.165) is 0 Å². The third-order valence-corrected chi connectivity index (χ3v) is 1.93. The van der Waals surface area contributed by atoms with Gasteiger partial charge in [-0.3, -0.25) is 0 Å². The molecule has 1 rings (SSSR count). The van der Waals surface area contributed by atoms with Gasteiger partial charge in [-0.1, -0.05) is 12.0 Å². The predicted molar refractivity (Wildman–Crippen MR) is 60.6 cm³/mol. The summed E-state index contributed by atoms with van der Waals surface area (Å²) < 4.78 is 5.44. The van der Waals surface area contributed by atoms with Gasteiger partial charge in [-0.15, -0.1) is 4.91 Å². The number of hydrogen-bond donors (Lipinski definition) is 0. The number of benzene rings is 1. The lowest BCUT2D eigenvalue weighted by molar-refractivity contribution is 0.264. The Labute approximate surface area is 92.8 Å². The minimum atomic E-state index is 0.153. The van der Waals surface area contributed by atoms with Crippen LogP contribution in [-0.4, -0.2) is 13.2 Å². The van der Waals surface area contributed by atoms with Crippen LogP contribution in [0.1, 0.15) is 6.92 Å². The fourth-order valence-electron chi connectivity index (χ4n) is 1.07. The molecule has 0 saturated heterocycles. The molecule has 0 heterocycles. The summed E-state index contributed by atoms with van der Waals surface area (Å²) in [6.07, 6.45) is 0. The lowest BCUT2D eigenvalue weighted by Crippen LogP contribution is -2.10. The van der Waals surface area contributed by atoms with E-state index in [-0.39, 0.29) is 5.92 Å². The van der Waals surface area contributed by atoms with Crippen molar-refractivity contribution in [2.75, 3.05) is 13.2 Å². The highest BCUT2D eigenvalue weighted by Gasteiger charge is 2.02. The van der Waals surface area contributed by atoms with E-state index < -0.39 is 0 Å². The SMILES string of the molecule is C[C@H](CN=[N+]=[N-])COc1ccc(N=O)cc1. The van der Waals surface area contributed by atoms with E-state index in [1.807, 2.05) is 6.92 Å². The van der Waals surface area contributed by atoms with E-state index in [1.54, 1.807) is 24.3 Å². The fraction of sp³-hybridized carbons (Fsp3) is 0.400. The molecular formula is C10H12N4O2. The predicted octanol–water partition coefficient (Wildman–Crippen LogP) is 3.41. The molecule has 84 valence electrons. The zero-order chi connectivity index (χ0) is 11.8. The molecule has 0 saturated carbocycles. The van der Waals surface area contributed by atoms with Gasteiger partial charge in [-0.05, 0) is 40.9 Å². The molecule has 0 aliphatic rings. The van der Waals surface area contributed by atoms with Crippen LogP contribution < -0.4 is 4.74 Å². The third-order valence-electron chi connectivity index (χ3n) is 1.93. The van der Waals surface area contributed by atoms with Crippen molar-refractivity contribution in [3.63, 3.8) is 0 Å². The summed E-state index contributed by atoms with van der Waals surface area (Å²) in [5, 5.41) is 6.24. The maximum Gasteiger partial charge on any atom is 0.119 e. The van der Waals surface area contributed by atoms with Crippen LogP contribution in [0.2, 0.25) is 0 Å².